The van der Waals surface area contributed by atoms with Crippen molar-refractivity contribution in [2.75, 3.05) is 27.7 Å². The van der Waals surface area contributed by atoms with Crippen molar-refractivity contribution >= 4 is 11.8 Å². The standard InChI is InChI=1S/C13H25NO4/c1-10(2)6-7-11(15)13(18,8-12(16)17)9-14(3,4)5/h10,18H,6-9H2,1-5H3/t13-/m1/s1. The Balaban J connectivity index is 4.85. The van der Waals surface area contributed by atoms with E-state index in [9.17, 15) is 19.8 Å². The Kier molecular flexibility index (Phi) is 5.96. The van der Waals surface area contributed by atoms with Crippen molar-refractivity contribution in [1.82, 2.24) is 0 Å². The van der Waals surface area contributed by atoms with E-state index >= 15 is 0 Å². The Bertz CT molecular complexity index is 307. The molecule has 0 fully saturated rings. The van der Waals surface area contributed by atoms with Crippen molar-refractivity contribution in [2.24, 2.45) is 5.92 Å². The average Bonchev–Trinajstić information content (AvgIpc) is 2.09. The number of rotatable bonds is 8. The van der Waals surface area contributed by atoms with E-state index in [4.69, 9.17) is 0 Å². The normalized spacial score (nSPS) is 15.5. The summed E-state index contributed by atoms with van der Waals surface area (Å²) in [6.45, 7) is 4.02. The maximum Gasteiger partial charge on any atom is 0.177 e. The topological polar surface area (TPSA) is 77.4 Å². The summed E-state index contributed by atoms with van der Waals surface area (Å²) in [4.78, 5) is 22.7. The van der Waals surface area contributed by atoms with E-state index in [1.165, 1.54) is 0 Å². The number of Topliss-reactive ketones (excluding diaryl/α,β-unsaturated/α-hetero) is 1. The molecule has 1 atom stereocenters. The molecule has 0 saturated heterocycles. The molecule has 0 unspecified atom stereocenters. The minimum absolute atomic E-state index is 0.0674. The number of hydrogen-bond donors (Lipinski definition) is 1. The van der Waals surface area contributed by atoms with Crippen molar-refractivity contribution in [2.45, 2.75) is 38.7 Å². The summed E-state index contributed by atoms with van der Waals surface area (Å²) in [5, 5.41) is 21.0. The van der Waals surface area contributed by atoms with E-state index in [2.05, 4.69) is 0 Å². The molecule has 0 aromatic rings. The lowest BCUT2D eigenvalue weighted by Crippen LogP contribution is -2.56. The number of aliphatic carboxylic acids is 1. The van der Waals surface area contributed by atoms with Gasteiger partial charge in [-0.2, -0.15) is 0 Å². The van der Waals surface area contributed by atoms with Gasteiger partial charge in [0.2, 0.25) is 0 Å². The molecule has 18 heavy (non-hydrogen) atoms. The number of likely N-dealkylation sites (N-methyl/N-ethyl adjacent to an activating group) is 1. The maximum atomic E-state index is 12.0. The Morgan fingerprint density at radius 3 is 2.11 bits per heavy atom. The van der Waals surface area contributed by atoms with Crippen LogP contribution in [0.4, 0.5) is 0 Å². The van der Waals surface area contributed by atoms with E-state index in [1.54, 1.807) is 21.1 Å². The number of carbonyl (C=O) groups is 2. The third-order valence-electron chi connectivity index (χ3n) is 2.64. The first-order valence-corrected chi connectivity index (χ1v) is 6.22. The van der Waals surface area contributed by atoms with Crippen LogP contribution in [0.3, 0.4) is 0 Å². The van der Waals surface area contributed by atoms with Gasteiger partial charge >= 0.3 is 0 Å². The highest BCUT2D eigenvalue weighted by Gasteiger charge is 2.40. The Hall–Kier alpha value is -0.940. The Morgan fingerprint density at radius 2 is 1.78 bits per heavy atom. The van der Waals surface area contributed by atoms with Gasteiger partial charge in [-0.25, -0.2) is 0 Å². The Morgan fingerprint density at radius 1 is 1.28 bits per heavy atom. The molecule has 5 heteroatoms. The second-order valence-corrected chi connectivity index (χ2v) is 6.38. The molecule has 0 rings (SSSR count). The van der Waals surface area contributed by atoms with Crippen LogP contribution in [0.1, 0.15) is 33.1 Å². The number of ketones is 1. The van der Waals surface area contributed by atoms with Crippen LogP contribution < -0.4 is 5.11 Å². The van der Waals surface area contributed by atoms with Crippen LogP contribution in [-0.2, 0) is 9.59 Å². The molecule has 0 heterocycles. The van der Waals surface area contributed by atoms with Gasteiger partial charge in [0.1, 0.15) is 6.54 Å². The molecule has 0 aliphatic heterocycles. The highest BCUT2D eigenvalue weighted by atomic mass is 16.4. The fourth-order valence-electron chi connectivity index (χ4n) is 1.92. The summed E-state index contributed by atoms with van der Waals surface area (Å²) in [7, 11) is 5.40. The van der Waals surface area contributed by atoms with Gasteiger partial charge in [-0.3, -0.25) is 4.79 Å². The molecular weight excluding hydrogens is 234 g/mol. The van der Waals surface area contributed by atoms with Crippen molar-refractivity contribution < 1.29 is 24.3 Å². The molecule has 0 spiro atoms. The molecule has 0 radical (unpaired) electrons. The number of carboxylic acid groups (broad SMARTS) is 1. The molecule has 0 aliphatic rings. The van der Waals surface area contributed by atoms with E-state index in [-0.39, 0.29) is 13.0 Å². The van der Waals surface area contributed by atoms with Crippen LogP contribution in [0.15, 0.2) is 0 Å². The number of hydrogen-bond acceptors (Lipinski definition) is 4. The largest absolute Gasteiger partial charge is 0.550 e. The highest BCUT2D eigenvalue weighted by molar-refractivity contribution is 5.90. The van der Waals surface area contributed by atoms with Crippen LogP contribution in [-0.4, -0.2) is 54.6 Å². The van der Waals surface area contributed by atoms with Gasteiger partial charge in [-0.15, -0.1) is 0 Å². The summed E-state index contributed by atoms with van der Waals surface area (Å²) in [6.07, 6.45) is 0.201. The van der Waals surface area contributed by atoms with Crippen LogP contribution >= 0.6 is 0 Å². The molecule has 1 N–H and O–H groups in total. The first-order chi connectivity index (χ1) is 7.96. The van der Waals surface area contributed by atoms with E-state index in [0.717, 1.165) is 0 Å². The zero-order valence-electron chi connectivity index (χ0n) is 12.0. The van der Waals surface area contributed by atoms with Gasteiger partial charge in [0.05, 0.1) is 21.1 Å². The lowest BCUT2D eigenvalue weighted by molar-refractivity contribution is -0.875. The van der Waals surface area contributed by atoms with Gasteiger partial charge in [-0.05, 0) is 12.3 Å². The number of carboxylic acids is 1. The summed E-state index contributed by atoms with van der Waals surface area (Å²) in [6, 6.07) is 0. The average molecular weight is 259 g/mol. The second kappa shape index (κ2) is 6.29. The first-order valence-electron chi connectivity index (χ1n) is 6.22. The predicted octanol–water partition coefficient (Wildman–Crippen LogP) is -0.431. The Labute approximate surface area is 109 Å². The smallest absolute Gasteiger partial charge is 0.177 e. The van der Waals surface area contributed by atoms with Crippen molar-refractivity contribution in [3.8, 4) is 0 Å². The molecule has 0 aromatic carbocycles. The minimum atomic E-state index is -1.83. The van der Waals surface area contributed by atoms with Crippen LogP contribution in [0.5, 0.6) is 0 Å². The number of aliphatic hydroxyl groups is 1. The highest BCUT2D eigenvalue weighted by Crippen LogP contribution is 2.19. The predicted molar refractivity (Wildman–Crippen MR) is 66.6 cm³/mol. The van der Waals surface area contributed by atoms with Gasteiger partial charge in [0, 0.05) is 18.8 Å². The summed E-state index contributed by atoms with van der Waals surface area (Å²) in [5.74, 6) is -1.47. The van der Waals surface area contributed by atoms with Crippen molar-refractivity contribution in [1.29, 1.82) is 0 Å². The summed E-state index contributed by atoms with van der Waals surface area (Å²) >= 11 is 0. The van der Waals surface area contributed by atoms with Gasteiger partial charge < -0.3 is 19.5 Å². The molecular formula is C13H25NO4. The van der Waals surface area contributed by atoms with E-state index < -0.39 is 23.8 Å². The molecule has 0 bridgehead atoms. The molecule has 5 nitrogen and oxygen atoms in total. The van der Waals surface area contributed by atoms with E-state index in [1.807, 2.05) is 13.8 Å². The van der Waals surface area contributed by atoms with Crippen LogP contribution in [0.25, 0.3) is 0 Å². The zero-order valence-corrected chi connectivity index (χ0v) is 12.0. The minimum Gasteiger partial charge on any atom is -0.550 e. The molecule has 0 saturated carbocycles. The van der Waals surface area contributed by atoms with E-state index in [0.29, 0.717) is 16.8 Å². The number of carbonyl (C=O) groups excluding carboxylic acids is 2. The lowest BCUT2D eigenvalue weighted by atomic mass is 9.89. The first kappa shape index (κ1) is 17.1. The van der Waals surface area contributed by atoms with Gasteiger partial charge in [-0.1, -0.05) is 13.8 Å². The third kappa shape index (κ3) is 6.71. The number of quaternary nitrogens is 1. The number of nitrogens with zero attached hydrogens (tertiary/aromatic N) is 1. The fraction of sp³-hybridized carbons (Fsp3) is 0.846. The summed E-state index contributed by atoms with van der Waals surface area (Å²) in [5.41, 5.74) is -1.83. The quantitative estimate of drug-likeness (QED) is 0.600. The van der Waals surface area contributed by atoms with Crippen LogP contribution in [0.2, 0.25) is 0 Å². The molecule has 0 aliphatic carbocycles. The lowest BCUT2D eigenvalue weighted by Gasteiger charge is -2.35. The van der Waals surface area contributed by atoms with Gasteiger partial charge in [0.15, 0.2) is 11.4 Å². The molecule has 106 valence electrons. The second-order valence-electron chi connectivity index (χ2n) is 6.38. The zero-order chi connectivity index (χ0) is 14.6. The summed E-state index contributed by atoms with van der Waals surface area (Å²) < 4.78 is 0.317. The SMILES string of the molecule is CC(C)CCC(=O)[C@@](O)(CC(=O)[O-])C[N+](C)(C)C. The monoisotopic (exact) mass is 259 g/mol. The maximum absolute atomic E-state index is 12.0. The fourth-order valence-corrected chi connectivity index (χ4v) is 1.92. The molecule has 0 amide bonds. The molecule has 0 aromatic heterocycles. The van der Waals surface area contributed by atoms with Gasteiger partial charge in [0.25, 0.3) is 0 Å². The van der Waals surface area contributed by atoms with Crippen molar-refractivity contribution in [3.63, 3.8) is 0 Å². The third-order valence-corrected chi connectivity index (χ3v) is 2.64. The van der Waals surface area contributed by atoms with Crippen molar-refractivity contribution in [3.05, 3.63) is 0 Å². The van der Waals surface area contributed by atoms with Crippen LogP contribution in [0, 0.1) is 5.92 Å².